The summed E-state index contributed by atoms with van der Waals surface area (Å²) in [7, 11) is -5.99. The summed E-state index contributed by atoms with van der Waals surface area (Å²) in [4.78, 5) is 16.9. The molecule has 2 saturated heterocycles. The summed E-state index contributed by atoms with van der Waals surface area (Å²) in [6.45, 7) is 6.13. The molecule has 0 aliphatic carbocycles. The molecule has 28 heavy (non-hydrogen) atoms. The summed E-state index contributed by atoms with van der Waals surface area (Å²) in [5.41, 5.74) is 0. The van der Waals surface area contributed by atoms with Crippen LogP contribution in [0.2, 0.25) is 0 Å². The topological polar surface area (TPSA) is 91.8 Å². The second-order valence-corrected chi connectivity index (χ2v) is 12.8. The van der Waals surface area contributed by atoms with Crippen LogP contribution < -0.4 is 0 Å². The van der Waals surface area contributed by atoms with Crippen LogP contribution in [0.5, 0.6) is 0 Å². The Balaban J connectivity index is 1.99. The van der Waals surface area contributed by atoms with Gasteiger partial charge in [-0.1, -0.05) is 26.7 Å². The van der Waals surface area contributed by atoms with Crippen LogP contribution >= 0.6 is 0 Å². The van der Waals surface area contributed by atoms with Gasteiger partial charge in [-0.25, -0.2) is 16.8 Å². The van der Waals surface area contributed by atoms with E-state index in [-0.39, 0.29) is 54.0 Å². The smallest absolute Gasteiger partial charge is 0.160 e. The van der Waals surface area contributed by atoms with Gasteiger partial charge in [-0.2, -0.15) is 0 Å². The van der Waals surface area contributed by atoms with Gasteiger partial charge in [0.15, 0.2) is 25.5 Å². The highest BCUT2D eigenvalue weighted by molar-refractivity contribution is 7.91. The number of nitrogens with zero attached hydrogens (tertiary/aromatic N) is 2. The Kier molecular flexibility index (Phi) is 8.91. The molecule has 0 bridgehead atoms. The summed E-state index contributed by atoms with van der Waals surface area (Å²) < 4.78 is 47.4. The molecule has 0 aromatic rings. The first-order valence-corrected chi connectivity index (χ1v) is 14.2. The molecule has 2 aliphatic heterocycles. The van der Waals surface area contributed by atoms with Crippen LogP contribution in [0.25, 0.3) is 0 Å². The van der Waals surface area contributed by atoms with E-state index in [2.05, 4.69) is 13.8 Å². The second-order valence-electron chi connectivity index (χ2n) is 8.30. The standard InChI is InChI=1S/C19H36N2O5S2/c1-3-5-9-20(17-7-11-27(23,24)15-17)13-19(22)14-21(10-6-4-2)18-8-12-28(25,26)16-18/h17-18H,3-16H2,1-2H3/t17-,18-/m1/s1. The lowest BCUT2D eigenvalue weighted by atomic mass is 10.1. The Morgan fingerprint density at radius 3 is 1.46 bits per heavy atom. The molecule has 0 N–H and O–H groups in total. The molecule has 2 fully saturated rings. The van der Waals surface area contributed by atoms with Gasteiger partial charge in [0.25, 0.3) is 0 Å². The molecule has 0 unspecified atom stereocenters. The SMILES string of the molecule is CCCCN(CC(=O)CN(CCCC)[C@@H]1CCS(=O)(=O)C1)[C@@H]1CCS(=O)(=O)C1. The number of hydrogen-bond donors (Lipinski definition) is 0. The minimum absolute atomic E-state index is 0.0563. The van der Waals surface area contributed by atoms with Gasteiger partial charge in [0.2, 0.25) is 0 Å². The van der Waals surface area contributed by atoms with E-state index >= 15 is 0 Å². The zero-order chi connectivity index (χ0) is 20.8. The molecule has 2 aliphatic rings. The van der Waals surface area contributed by atoms with Gasteiger partial charge in [0.1, 0.15) is 0 Å². The van der Waals surface area contributed by atoms with Crippen molar-refractivity contribution < 1.29 is 21.6 Å². The van der Waals surface area contributed by atoms with E-state index < -0.39 is 19.7 Å². The zero-order valence-corrected chi connectivity index (χ0v) is 18.9. The fourth-order valence-electron chi connectivity index (χ4n) is 4.13. The average molecular weight is 437 g/mol. The summed E-state index contributed by atoms with van der Waals surface area (Å²) >= 11 is 0. The molecule has 2 atom stereocenters. The fraction of sp³-hybridized carbons (Fsp3) is 0.947. The number of sulfone groups is 2. The maximum atomic E-state index is 12.8. The van der Waals surface area contributed by atoms with Crippen molar-refractivity contribution in [1.29, 1.82) is 0 Å². The first-order chi connectivity index (χ1) is 13.2. The van der Waals surface area contributed by atoms with Crippen molar-refractivity contribution in [3.63, 3.8) is 0 Å². The molecule has 9 heteroatoms. The molecule has 2 rings (SSSR count). The molecule has 2 heterocycles. The van der Waals surface area contributed by atoms with Crippen LogP contribution in [0.3, 0.4) is 0 Å². The number of ketones is 1. The first-order valence-electron chi connectivity index (χ1n) is 10.6. The third kappa shape index (κ3) is 7.39. The molecule has 0 aromatic carbocycles. The summed E-state index contributed by atoms with van der Waals surface area (Å²) in [5.74, 6) is 0.754. The Bertz CT molecular complexity index is 661. The zero-order valence-electron chi connectivity index (χ0n) is 17.3. The minimum Gasteiger partial charge on any atom is -0.297 e. The van der Waals surface area contributed by atoms with Gasteiger partial charge in [-0.3, -0.25) is 14.6 Å². The monoisotopic (exact) mass is 436 g/mol. The molecule has 0 spiro atoms. The van der Waals surface area contributed by atoms with E-state index in [1.807, 2.05) is 9.80 Å². The molecule has 0 radical (unpaired) electrons. The van der Waals surface area contributed by atoms with Crippen molar-refractivity contribution in [1.82, 2.24) is 9.80 Å². The number of rotatable bonds is 12. The highest BCUT2D eigenvalue weighted by Gasteiger charge is 2.35. The third-order valence-electron chi connectivity index (χ3n) is 5.81. The lowest BCUT2D eigenvalue weighted by molar-refractivity contribution is -0.122. The van der Waals surface area contributed by atoms with Gasteiger partial charge < -0.3 is 0 Å². The van der Waals surface area contributed by atoms with Gasteiger partial charge >= 0.3 is 0 Å². The Morgan fingerprint density at radius 2 is 1.18 bits per heavy atom. The second kappa shape index (κ2) is 10.5. The molecule has 0 saturated carbocycles. The molecular formula is C19H36N2O5S2. The highest BCUT2D eigenvalue weighted by atomic mass is 32.2. The summed E-state index contributed by atoms with van der Waals surface area (Å²) in [5, 5.41) is 0. The largest absolute Gasteiger partial charge is 0.297 e. The van der Waals surface area contributed by atoms with Gasteiger partial charge in [0, 0.05) is 12.1 Å². The predicted molar refractivity (Wildman–Crippen MR) is 112 cm³/mol. The van der Waals surface area contributed by atoms with Crippen molar-refractivity contribution in [3.05, 3.63) is 0 Å². The number of Topliss-reactive ketones (excluding diaryl/α,β-unsaturated/α-hetero) is 1. The van der Waals surface area contributed by atoms with Crippen molar-refractivity contribution in [2.45, 2.75) is 64.5 Å². The minimum atomic E-state index is -2.99. The third-order valence-corrected chi connectivity index (χ3v) is 9.31. The maximum Gasteiger partial charge on any atom is 0.160 e. The van der Waals surface area contributed by atoms with Crippen LogP contribution in [0, 0.1) is 0 Å². The first kappa shape index (κ1) is 23.8. The van der Waals surface area contributed by atoms with Crippen molar-refractivity contribution in [3.8, 4) is 0 Å². The van der Waals surface area contributed by atoms with Gasteiger partial charge in [0.05, 0.1) is 36.1 Å². The number of carbonyl (C=O) groups is 1. The average Bonchev–Trinajstić information content (AvgIpc) is 3.16. The van der Waals surface area contributed by atoms with Crippen LogP contribution in [-0.2, 0) is 24.5 Å². The molecule has 7 nitrogen and oxygen atoms in total. The van der Waals surface area contributed by atoms with E-state index in [4.69, 9.17) is 0 Å². The maximum absolute atomic E-state index is 12.8. The van der Waals surface area contributed by atoms with E-state index in [0.717, 1.165) is 38.8 Å². The molecule has 164 valence electrons. The molecular weight excluding hydrogens is 400 g/mol. The molecule has 0 amide bonds. The summed E-state index contributed by atoms with van der Waals surface area (Å²) in [6, 6.07) is -0.145. The number of unbranched alkanes of at least 4 members (excludes halogenated alkanes) is 2. The van der Waals surface area contributed by atoms with Gasteiger partial charge in [-0.15, -0.1) is 0 Å². The quantitative estimate of drug-likeness (QED) is 0.453. The van der Waals surface area contributed by atoms with E-state index in [1.165, 1.54) is 0 Å². The van der Waals surface area contributed by atoms with Gasteiger partial charge in [-0.05, 0) is 38.8 Å². The lowest BCUT2D eigenvalue weighted by Gasteiger charge is -2.30. The Morgan fingerprint density at radius 1 is 0.786 bits per heavy atom. The van der Waals surface area contributed by atoms with E-state index in [1.54, 1.807) is 0 Å². The predicted octanol–water partition coefficient (Wildman–Crippen LogP) is 1.13. The van der Waals surface area contributed by atoms with Crippen molar-refractivity contribution in [2.75, 3.05) is 49.2 Å². The Labute approximate surface area is 170 Å². The summed E-state index contributed by atoms with van der Waals surface area (Å²) in [6.07, 6.45) is 5.05. The normalized spacial score (nSPS) is 26.3. The van der Waals surface area contributed by atoms with E-state index in [9.17, 15) is 21.6 Å². The lowest BCUT2D eigenvalue weighted by Crippen LogP contribution is -2.46. The number of hydrogen-bond acceptors (Lipinski definition) is 7. The Hall–Kier alpha value is -0.510. The van der Waals surface area contributed by atoms with Crippen LogP contribution in [-0.4, -0.2) is 93.7 Å². The van der Waals surface area contributed by atoms with Crippen molar-refractivity contribution >= 4 is 25.5 Å². The van der Waals surface area contributed by atoms with Crippen molar-refractivity contribution in [2.24, 2.45) is 0 Å². The number of carbonyl (C=O) groups excluding carboxylic acids is 1. The van der Waals surface area contributed by atoms with Crippen LogP contribution in [0.15, 0.2) is 0 Å². The fourth-order valence-corrected chi connectivity index (χ4v) is 7.66. The van der Waals surface area contributed by atoms with Crippen LogP contribution in [0.1, 0.15) is 52.4 Å². The molecule has 0 aromatic heterocycles. The van der Waals surface area contributed by atoms with E-state index in [0.29, 0.717) is 12.8 Å². The highest BCUT2D eigenvalue weighted by Crippen LogP contribution is 2.20. The van der Waals surface area contributed by atoms with Crippen LogP contribution in [0.4, 0.5) is 0 Å².